The largest absolute Gasteiger partial charge is 0.595 e. The molecule has 0 fully saturated rings. The minimum Gasteiger partial charge on any atom is -0.595 e. The molecule has 2 unspecified atom stereocenters. The minimum absolute atomic E-state index is 0.103. The molecule has 0 bridgehead atoms. The number of benzene rings is 2. The molecular weight excluding hydrogens is 348 g/mol. The molecule has 0 saturated heterocycles. The van der Waals surface area contributed by atoms with Gasteiger partial charge in [0.05, 0.1) is 20.3 Å². The summed E-state index contributed by atoms with van der Waals surface area (Å²) in [6.07, 6.45) is 0.0930. The Morgan fingerprint density at radius 1 is 1.22 bits per heavy atom. The van der Waals surface area contributed by atoms with Gasteiger partial charge in [-0.05, 0) is 42.2 Å². The topological polar surface area (TPSA) is 89.7 Å². The Morgan fingerprint density at radius 2 is 1.93 bits per heavy atom. The number of aliphatic hydroxyl groups excluding tert-OH is 1. The molecule has 7 heteroatoms. The van der Waals surface area contributed by atoms with Gasteiger partial charge in [-0.3, -0.25) is 4.90 Å². The van der Waals surface area contributed by atoms with E-state index in [1.54, 1.807) is 26.4 Å². The van der Waals surface area contributed by atoms with Crippen molar-refractivity contribution in [3.8, 4) is 11.5 Å². The van der Waals surface area contributed by atoms with Gasteiger partial charge in [0.2, 0.25) is 0 Å². The van der Waals surface area contributed by atoms with E-state index in [2.05, 4.69) is 11.8 Å². The smallest absolute Gasteiger partial charge is 0.164 e. The summed E-state index contributed by atoms with van der Waals surface area (Å²) >= 11 is 0. The second kappa shape index (κ2) is 8.24. The Labute approximate surface area is 158 Å². The molecule has 0 aliphatic carbocycles. The SMILES string of the molecule is COc1cc2c(cc1OC)[C@H](C)N(CC(O)c1cccc([NH+]([O-])O)c1)CC2. The maximum absolute atomic E-state index is 11.2. The van der Waals surface area contributed by atoms with E-state index in [4.69, 9.17) is 14.7 Å². The lowest BCUT2D eigenvalue weighted by Gasteiger charge is -2.37. The molecule has 3 rings (SSSR count). The average Bonchev–Trinajstić information content (AvgIpc) is 2.69. The van der Waals surface area contributed by atoms with E-state index < -0.39 is 11.3 Å². The van der Waals surface area contributed by atoms with Crippen LogP contribution in [0.15, 0.2) is 36.4 Å². The summed E-state index contributed by atoms with van der Waals surface area (Å²) in [6, 6.07) is 10.6. The highest BCUT2D eigenvalue weighted by molar-refractivity contribution is 5.49. The Bertz CT molecular complexity index is 796. The summed E-state index contributed by atoms with van der Waals surface area (Å²) in [5, 5.41) is 29.9. The summed E-state index contributed by atoms with van der Waals surface area (Å²) in [5.74, 6) is 1.42. The van der Waals surface area contributed by atoms with Gasteiger partial charge < -0.3 is 19.8 Å². The van der Waals surface area contributed by atoms with Gasteiger partial charge in [-0.25, -0.2) is 5.21 Å². The number of fused-ring (bicyclic) bond motifs is 1. The van der Waals surface area contributed by atoms with Crippen molar-refractivity contribution in [3.05, 3.63) is 58.3 Å². The maximum Gasteiger partial charge on any atom is 0.164 e. The van der Waals surface area contributed by atoms with Gasteiger partial charge in [-0.1, -0.05) is 12.1 Å². The first-order valence-corrected chi connectivity index (χ1v) is 8.94. The first-order chi connectivity index (χ1) is 12.9. The lowest BCUT2D eigenvalue weighted by atomic mass is 9.92. The highest BCUT2D eigenvalue weighted by Gasteiger charge is 2.27. The van der Waals surface area contributed by atoms with Crippen molar-refractivity contribution < 1.29 is 25.0 Å². The van der Waals surface area contributed by atoms with Gasteiger partial charge in [0.25, 0.3) is 0 Å². The van der Waals surface area contributed by atoms with Crippen LogP contribution in [0.2, 0.25) is 0 Å². The van der Waals surface area contributed by atoms with E-state index >= 15 is 0 Å². The number of aliphatic hydroxyl groups is 1. The summed E-state index contributed by atoms with van der Waals surface area (Å²) in [6.45, 7) is 3.33. The molecular formula is C20H26N2O5. The van der Waals surface area contributed by atoms with Gasteiger partial charge in [-0.15, -0.1) is 0 Å². The zero-order valence-electron chi connectivity index (χ0n) is 15.8. The Balaban J connectivity index is 1.79. The molecule has 0 saturated carbocycles. The first kappa shape index (κ1) is 19.6. The van der Waals surface area contributed by atoms with Gasteiger partial charge in [0.15, 0.2) is 17.2 Å². The zero-order chi connectivity index (χ0) is 19.6. The number of quaternary nitrogens is 1. The van der Waals surface area contributed by atoms with Crippen molar-refractivity contribution in [2.24, 2.45) is 0 Å². The number of nitrogens with one attached hydrogen (secondary N) is 1. The van der Waals surface area contributed by atoms with E-state index in [9.17, 15) is 10.3 Å². The monoisotopic (exact) mass is 374 g/mol. The Morgan fingerprint density at radius 3 is 2.59 bits per heavy atom. The van der Waals surface area contributed by atoms with Crippen molar-refractivity contribution >= 4 is 5.69 Å². The lowest BCUT2D eigenvalue weighted by Crippen LogP contribution is -2.99. The second-order valence-corrected chi connectivity index (χ2v) is 6.77. The van der Waals surface area contributed by atoms with Crippen LogP contribution in [-0.4, -0.2) is 42.5 Å². The van der Waals surface area contributed by atoms with Crippen molar-refractivity contribution in [2.45, 2.75) is 25.5 Å². The van der Waals surface area contributed by atoms with Crippen molar-refractivity contribution in [1.82, 2.24) is 4.90 Å². The molecule has 1 heterocycles. The standard InChI is InChI=1S/C20H26N2O5/c1-13-17-11-20(27-3)19(26-2)10-14(17)7-8-21(13)12-18(23)15-5-4-6-16(9-15)22(24)25/h4-6,9-11,13,18,22-24H,7-8,12H2,1-3H3/t13-,18?/m0/s1. The third-order valence-electron chi connectivity index (χ3n) is 5.24. The average molecular weight is 374 g/mol. The molecule has 1 aliphatic rings. The van der Waals surface area contributed by atoms with Crippen LogP contribution < -0.4 is 14.7 Å². The third-order valence-corrected chi connectivity index (χ3v) is 5.24. The first-order valence-electron chi connectivity index (χ1n) is 8.94. The van der Waals surface area contributed by atoms with Gasteiger partial charge >= 0.3 is 0 Å². The molecule has 0 radical (unpaired) electrons. The lowest BCUT2D eigenvalue weighted by molar-refractivity contribution is -0.991. The van der Waals surface area contributed by atoms with Gasteiger partial charge in [-0.2, -0.15) is 5.23 Å². The second-order valence-electron chi connectivity index (χ2n) is 6.77. The third kappa shape index (κ3) is 4.07. The highest BCUT2D eigenvalue weighted by Crippen LogP contribution is 2.38. The van der Waals surface area contributed by atoms with Crippen LogP contribution in [0, 0.1) is 5.21 Å². The molecule has 0 amide bonds. The summed E-state index contributed by atoms with van der Waals surface area (Å²) in [5.41, 5.74) is 3.17. The molecule has 2 aromatic carbocycles. The minimum atomic E-state index is -0.995. The van der Waals surface area contributed by atoms with E-state index in [0.717, 1.165) is 24.3 Å². The quantitative estimate of drug-likeness (QED) is 0.668. The fraction of sp³-hybridized carbons (Fsp3) is 0.400. The molecule has 2 aromatic rings. The number of rotatable bonds is 6. The number of nitrogens with zero attached hydrogens (tertiary/aromatic N) is 1. The van der Waals surface area contributed by atoms with Crippen LogP contribution in [0.25, 0.3) is 0 Å². The Kier molecular flexibility index (Phi) is 5.98. The molecule has 0 spiro atoms. The van der Waals surface area contributed by atoms with Gasteiger partial charge in [0, 0.05) is 31.3 Å². The van der Waals surface area contributed by atoms with E-state index in [-0.39, 0.29) is 11.7 Å². The predicted octanol–water partition coefficient (Wildman–Crippen LogP) is 1.76. The highest BCUT2D eigenvalue weighted by atomic mass is 16.8. The molecule has 27 heavy (non-hydrogen) atoms. The molecule has 0 aromatic heterocycles. The number of ether oxygens (including phenoxy) is 2. The zero-order valence-corrected chi connectivity index (χ0v) is 15.8. The van der Waals surface area contributed by atoms with Crippen LogP contribution in [0.5, 0.6) is 11.5 Å². The van der Waals surface area contributed by atoms with Crippen LogP contribution in [0.1, 0.15) is 35.8 Å². The normalized spacial score (nSPS) is 19.3. The number of methoxy groups -OCH3 is 2. The van der Waals surface area contributed by atoms with E-state index in [1.807, 2.05) is 12.1 Å². The Hall–Kier alpha value is -2.16. The van der Waals surface area contributed by atoms with E-state index in [0.29, 0.717) is 17.9 Å². The molecule has 3 atom stereocenters. The summed E-state index contributed by atoms with van der Waals surface area (Å²) in [7, 11) is 3.25. The van der Waals surface area contributed by atoms with Crippen molar-refractivity contribution in [3.63, 3.8) is 0 Å². The predicted molar refractivity (Wildman–Crippen MR) is 100 cm³/mol. The molecule has 3 N–H and O–H groups in total. The number of β-amino-alcohol motifs (C(OH)–C–C–N with tert-alkyl or cyclic N) is 1. The van der Waals surface area contributed by atoms with Crippen LogP contribution in [0.3, 0.4) is 0 Å². The molecule has 7 nitrogen and oxygen atoms in total. The van der Waals surface area contributed by atoms with Crippen LogP contribution in [-0.2, 0) is 6.42 Å². The number of hydrogen-bond donors (Lipinski definition) is 3. The number of hydrogen-bond acceptors (Lipinski definition) is 6. The van der Waals surface area contributed by atoms with E-state index in [1.165, 1.54) is 17.7 Å². The fourth-order valence-corrected chi connectivity index (χ4v) is 3.65. The fourth-order valence-electron chi connectivity index (χ4n) is 3.65. The summed E-state index contributed by atoms with van der Waals surface area (Å²) < 4.78 is 10.8. The van der Waals surface area contributed by atoms with Crippen molar-refractivity contribution in [1.29, 1.82) is 0 Å². The summed E-state index contributed by atoms with van der Waals surface area (Å²) in [4.78, 5) is 2.20. The van der Waals surface area contributed by atoms with Crippen molar-refractivity contribution in [2.75, 3.05) is 27.3 Å². The van der Waals surface area contributed by atoms with Gasteiger partial charge in [0.1, 0.15) is 0 Å². The maximum atomic E-state index is 11.2. The van der Waals surface area contributed by atoms with Crippen LogP contribution in [0.4, 0.5) is 5.69 Å². The molecule has 146 valence electrons. The van der Waals surface area contributed by atoms with Crippen LogP contribution >= 0.6 is 0 Å². The molecule has 1 aliphatic heterocycles.